The molecule has 11 heteroatoms. The second kappa shape index (κ2) is 9.56. The van der Waals surface area contributed by atoms with Crippen molar-refractivity contribution in [2.75, 3.05) is 13.1 Å². The van der Waals surface area contributed by atoms with E-state index in [0.29, 0.717) is 32.0 Å². The van der Waals surface area contributed by atoms with Gasteiger partial charge in [0, 0.05) is 37.1 Å². The van der Waals surface area contributed by atoms with Gasteiger partial charge in [-0.15, -0.1) is 0 Å². The molecule has 2 N–H and O–H groups in total. The van der Waals surface area contributed by atoms with Crippen LogP contribution in [0.3, 0.4) is 0 Å². The first-order valence-electron chi connectivity index (χ1n) is 9.48. The molecule has 0 aromatic carbocycles. The van der Waals surface area contributed by atoms with Gasteiger partial charge >= 0.3 is 12.3 Å². The summed E-state index contributed by atoms with van der Waals surface area (Å²) in [6.07, 6.45) is -1.74. The molecule has 1 fully saturated rings. The molecule has 0 radical (unpaired) electrons. The van der Waals surface area contributed by atoms with E-state index >= 15 is 0 Å². The number of amides is 1. The molecular formula is C20H23ClF3N5O2. The number of likely N-dealkylation sites (tertiary alicyclic amines) is 1. The summed E-state index contributed by atoms with van der Waals surface area (Å²) in [5.74, 6) is 0. The molecule has 0 bridgehead atoms. The number of carbonyl (C=O) groups is 1. The molecule has 2 rings (SSSR count). The minimum atomic E-state index is -4.79. The van der Waals surface area contributed by atoms with E-state index in [0.717, 1.165) is 6.21 Å². The molecule has 1 aromatic heterocycles. The summed E-state index contributed by atoms with van der Waals surface area (Å²) in [7, 11) is 0. The Kier molecular flexibility index (Phi) is 7.54. The number of carbonyl (C=O) groups excluding carboxylic acids is 1. The number of nitrogens with one attached hydrogen (secondary N) is 2. The number of nitriles is 1. The minimum Gasteiger partial charge on any atom is -0.444 e. The number of aromatic nitrogens is 1. The number of ether oxygens (including phenoxy) is 1. The van der Waals surface area contributed by atoms with Gasteiger partial charge in [-0.2, -0.15) is 18.4 Å². The Bertz CT molecular complexity index is 911. The Hall–Kier alpha value is -2.80. The van der Waals surface area contributed by atoms with E-state index in [2.05, 4.69) is 10.3 Å². The third-order valence-electron chi connectivity index (χ3n) is 4.46. The Morgan fingerprint density at radius 2 is 2.00 bits per heavy atom. The zero-order chi connectivity index (χ0) is 23.4. The highest BCUT2D eigenvalue weighted by atomic mass is 35.5. The van der Waals surface area contributed by atoms with Crippen molar-refractivity contribution in [1.29, 1.82) is 10.7 Å². The number of halogens is 4. The molecule has 0 atom stereocenters. The van der Waals surface area contributed by atoms with Gasteiger partial charge in [0.25, 0.3) is 0 Å². The van der Waals surface area contributed by atoms with Crippen molar-refractivity contribution in [3.8, 4) is 6.07 Å². The number of alkyl halides is 3. The van der Waals surface area contributed by atoms with E-state index < -0.39 is 34.2 Å². The third-order valence-corrected chi connectivity index (χ3v) is 4.74. The van der Waals surface area contributed by atoms with Gasteiger partial charge in [0.2, 0.25) is 0 Å². The van der Waals surface area contributed by atoms with Crippen molar-refractivity contribution in [3.05, 3.63) is 34.2 Å². The standard InChI is InChI=1S/C20H23ClF3N5O2/c1-19(2,3)31-18(30)29-6-4-13(5-7-29)27-11-12(9-25)16-8-15(20(22,23)24)14(10-26)17(21)28-16/h8-9,11,13,25,27H,4-7H2,1-3H3/b12-11+,25-9?. The zero-order valence-corrected chi connectivity index (χ0v) is 18.1. The van der Waals surface area contributed by atoms with E-state index in [1.807, 2.05) is 0 Å². The summed E-state index contributed by atoms with van der Waals surface area (Å²) in [5, 5.41) is 19.0. The molecular weight excluding hydrogens is 435 g/mol. The minimum absolute atomic E-state index is 0.0513. The average molecular weight is 458 g/mol. The van der Waals surface area contributed by atoms with Crippen LogP contribution in [-0.2, 0) is 10.9 Å². The molecule has 0 aliphatic carbocycles. The lowest BCUT2D eigenvalue weighted by Gasteiger charge is -2.33. The molecule has 7 nitrogen and oxygen atoms in total. The highest BCUT2D eigenvalue weighted by Crippen LogP contribution is 2.35. The van der Waals surface area contributed by atoms with Gasteiger partial charge in [0.1, 0.15) is 22.4 Å². The lowest BCUT2D eigenvalue weighted by molar-refractivity contribution is -0.137. The van der Waals surface area contributed by atoms with Crippen LogP contribution in [0.1, 0.15) is 50.4 Å². The molecule has 1 aliphatic heterocycles. The van der Waals surface area contributed by atoms with Crippen molar-refractivity contribution in [2.45, 2.75) is 51.4 Å². The van der Waals surface area contributed by atoms with Crippen LogP contribution >= 0.6 is 11.6 Å². The van der Waals surface area contributed by atoms with Crippen LogP contribution < -0.4 is 5.32 Å². The molecule has 0 unspecified atom stereocenters. The number of hydrogen-bond acceptors (Lipinski definition) is 6. The molecule has 1 aliphatic rings. The molecule has 1 aromatic rings. The van der Waals surface area contributed by atoms with Gasteiger partial charge < -0.3 is 20.4 Å². The normalized spacial score (nSPS) is 15.9. The maximum absolute atomic E-state index is 13.3. The van der Waals surface area contributed by atoms with Gasteiger partial charge in [-0.05, 0) is 39.7 Å². The van der Waals surface area contributed by atoms with E-state index in [4.69, 9.17) is 27.0 Å². The first kappa shape index (κ1) is 24.5. The number of piperidine rings is 1. The third kappa shape index (κ3) is 6.59. The first-order chi connectivity index (χ1) is 14.4. The van der Waals surface area contributed by atoms with Gasteiger partial charge in [0.15, 0.2) is 0 Å². The van der Waals surface area contributed by atoms with Crippen molar-refractivity contribution >= 4 is 29.5 Å². The van der Waals surface area contributed by atoms with Gasteiger partial charge in [-0.3, -0.25) is 0 Å². The lowest BCUT2D eigenvalue weighted by atomic mass is 10.0. The summed E-state index contributed by atoms with van der Waals surface area (Å²) in [4.78, 5) is 17.6. The fraction of sp³-hybridized carbons (Fsp3) is 0.500. The fourth-order valence-electron chi connectivity index (χ4n) is 2.94. The Morgan fingerprint density at radius 3 is 2.48 bits per heavy atom. The molecule has 0 saturated carbocycles. The largest absolute Gasteiger partial charge is 0.444 e. The van der Waals surface area contributed by atoms with Crippen molar-refractivity contribution in [1.82, 2.24) is 15.2 Å². The fourth-order valence-corrected chi connectivity index (χ4v) is 3.18. The topological polar surface area (TPSA) is 102 Å². The molecule has 0 spiro atoms. The summed E-state index contributed by atoms with van der Waals surface area (Å²) in [6.45, 7) is 6.28. The van der Waals surface area contributed by atoms with E-state index in [1.54, 1.807) is 25.7 Å². The predicted octanol–water partition coefficient (Wildman–Crippen LogP) is 4.61. The molecule has 1 saturated heterocycles. The van der Waals surface area contributed by atoms with Crippen molar-refractivity contribution in [3.63, 3.8) is 0 Å². The number of allylic oxidation sites excluding steroid dienone is 1. The smallest absolute Gasteiger partial charge is 0.417 e. The highest BCUT2D eigenvalue weighted by molar-refractivity contribution is 6.30. The number of rotatable bonds is 4. The van der Waals surface area contributed by atoms with E-state index in [9.17, 15) is 18.0 Å². The Morgan fingerprint density at radius 1 is 1.39 bits per heavy atom. The lowest BCUT2D eigenvalue weighted by Crippen LogP contribution is -2.45. The maximum atomic E-state index is 13.3. The number of nitrogens with zero attached hydrogens (tertiary/aromatic N) is 3. The average Bonchev–Trinajstić information content (AvgIpc) is 2.66. The number of pyridine rings is 1. The molecule has 168 valence electrons. The second-order valence-electron chi connectivity index (χ2n) is 7.98. The summed E-state index contributed by atoms with van der Waals surface area (Å²) < 4.78 is 45.2. The van der Waals surface area contributed by atoms with E-state index in [1.165, 1.54) is 12.3 Å². The monoisotopic (exact) mass is 457 g/mol. The summed E-state index contributed by atoms with van der Waals surface area (Å²) in [6, 6.07) is 2.07. The Balaban J connectivity index is 2.11. The van der Waals surface area contributed by atoms with Gasteiger partial charge in [-0.1, -0.05) is 11.6 Å². The van der Waals surface area contributed by atoms with Gasteiger partial charge in [-0.25, -0.2) is 9.78 Å². The van der Waals surface area contributed by atoms with E-state index in [-0.39, 0.29) is 17.3 Å². The SMILES string of the molecule is CC(C)(C)OC(=O)N1CCC(N/C=C(\C=N)c2cc(C(F)(F)F)c(C#N)c(Cl)n2)CC1. The highest BCUT2D eigenvalue weighted by Gasteiger charge is 2.36. The molecule has 1 amide bonds. The predicted molar refractivity (Wildman–Crippen MR) is 110 cm³/mol. The van der Waals surface area contributed by atoms with Crippen LogP contribution in [0.15, 0.2) is 12.3 Å². The maximum Gasteiger partial charge on any atom is 0.417 e. The molecule has 2 heterocycles. The van der Waals surface area contributed by atoms with Crippen LogP contribution in [0.2, 0.25) is 5.15 Å². The van der Waals surface area contributed by atoms with Crippen LogP contribution in [0.4, 0.5) is 18.0 Å². The van der Waals surface area contributed by atoms with Crippen LogP contribution in [0.5, 0.6) is 0 Å². The Labute approximate surface area is 183 Å². The summed E-state index contributed by atoms with van der Waals surface area (Å²) in [5.41, 5.74) is -2.65. The summed E-state index contributed by atoms with van der Waals surface area (Å²) >= 11 is 5.78. The quantitative estimate of drug-likeness (QED) is 0.508. The molecule has 31 heavy (non-hydrogen) atoms. The zero-order valence-electron chi connectivity index (χ0n) is 17.3. The second-order valence-corrected chi connectivity index (χ2v) is 8.34. The van der Waals surface area contributed by atoms with Crippen LogP contribution in [0, 0.1) is 16.7 Å². The van der Waals surface area contributed by atoms with Gasteiger partial charge in [0.05, 0.1) is 11.3 Å². The van der Waals surface area contributed by atoms with Crippen molar-refractivity contribution in [2.24, 2.45) is 0 Å². The first-order valence-corrected chi connectivity index (χ1v) is 9.86. The van der Waals surface area contributed by atoms with Crippen LogP contribution in [-0.4, -0.2) is 46.9 Å². The number of hydrogen-bond donors (Lipinski definition) is 2. The van der Waals surface area contributed by atoms with Crippen molar-refractivity contribution < 1.29 is 22.7 Å². The van der Waals surface area contributed by atoms with Crippen LogP contribution in [0.25, 0.3) is 5.57 Å².